The molecule has 2 aliphatic rings. The molecule has 2 N–H and O–H groups in total. The quantitative estimate of drug-likeness (QED) is 0.603. The van der Waals surface area contributed by atoms with Gasteiger partial charge in [-0.25, -0.2) is 0 Å². The van der Waals surface area contributed by atoms with Crippen LogP contribution in [-0.2, 0) is 22.4 Å². The number of ether oxygens (including phenoxy) is 2. The summed E-state index contributed by atoms with van der Waals surface area (Å²) in [4.78, 5) is 11.0. The van der Waals surface area contributed by atoms with Crippen molar-refractivity contribution in [1.82, 2.24) is 20.2 Å². The van der Waals surface area contributed by atoms with E-state index in [1.807, 2.05) is 49.6 Å². The normalized spacial score (nSPS) is 27.8. The Hall–Kier alpha value is -2.42. The summed E-state index contributed by atoms with van der Waals surface area (Å²) in [6.45, 7) is 1.85. The Morgan fingerprint density at radius 2 is 2.03 bits per heavy atom. The number of rotatable bonds is 7. The number of fused-ring (bicyclic) bond motifs is 3. The van der Waals surface area contributed by atoms with Gasteiger partial charge in [-0.05, 0) is 36.9 Å². The summed E-state index contributed by atoms with van der Waals surface area (Å²) in [6.07, 6.45) is 3.32. The minimum atomic E-state index is -0.603. The fraction of sp³-hybridized carbons (Fsp3) is 0.417. The van der Waals surface area contributed by atoms with Gasteiger partial charge in [0, 0.05) is 43.0 Å². The Balaban J connectivity index is 1.25. The highest BCUT2D eigenvalue weighted by atomic mass is 16.7. The van der Waals surface area contributed by atoms with Gasteiger partial charge in [0.05, 0.1) is 30.3 Å². The first-order chi connectivity index (χ1) is 15.2. The van der Waals surface area contributed by atoms with Crippen LogP contribution in [0.5, 0.6) is 0 Å². The maximum atomic E-state index is 11.2. The first-order valence-corrected chi connectivity index (χ1v) is 10.8. The van der Waals surface area contributed by atoms with Gasteiger partial charge in [-0.15, -0.1) is 0 Å². The second-order valence-corrected chi connectivity index (χ2v) is 8.35. The Morgan fingerprint density at radius 1 is 1.16 bits per heavy atom. The highest BCUT2D eigenvalue weighted by Gasteiger charge is 2.51. The molecule has 0 saturated carbocycles. The SMILES string of the molecule is CN(CCc1ccccn1)[C@H]1[C@@H]2OC[C@@H](O2)[C@@H](NCc2cnc3ccccc3c2)[C@@H]1O. The molecule has 5 atom stereocenters. The van der Waals surface area contributed by atoms with Crippen molar-refractivity contribution in [3.8, 4) is 0 Å². The maximum Gasteiger partial charge on any atom is 0.176 e. The topological polar surface area (TPSA) is 79.7 Å². The van der Waals surface area contributed by atoms with Crippen LogP contribution < -0.4 is 5.32 Å². The van der Waals surface area contributed by atoms with E-state index in [1.54, 1.807) is 6.20 Å². The standard InChI is InChI=1S/C24H28N4O3/c1-28(11-9-18-7-4-5-10-25-18)22-23(29)21(20-15-30-24(22)31-20)27-14-16-12-17-6-2-3-8-19(17)26-13-16/h2-8,10,12-13,20-24,27,29H,9,11,14-15H2,1H3/t20-,21-,22-,23+,24-/m1/s1. The number of benzene rings is 1. The molecule has 0 unspecified atom stereocenters. The lowest BCUT2D eigenvalue weighted by atomic mass is 9.94. The third-order valence-corrected chi connectivity index (χ3v) is 6.28. The van der Waals surface area contributed by atoms with Crippen molar-refractivity contribution in [3.05, 3.63) is 72.2 Å². The van der Waals surface area contributed by atoms with Crippen molar-refractivity contribution >= 4 is 10.9 Å². The molecule has 0 radical (unpaired) electrons. The van der Waals surface area contributed by atoms with Gasteiger partial charge in [0.2, 0.25) is 0 Å². The molecule has 2 bridgehead atoms. The fourth-order valence-electron chi connectivity index (χ4n) is 4.56. The summed E-state index contributed by atoms with van der Waals surface area (Å²) < 4.78 is 12.0. The summed E-state index contributed by atoms with van der Waals surface area (Å²) in [5.41, 5.74) is 3.09. The second kappa shape index (κ2) is 8.98. The zero-order chi connectivity index (χ0) is 21.2. The zero-order valence-corrected chi connectivity index (χ0v) is 17.6. The van der Waals surface area contributed by atoms with Crippen molar-refractivity contribution in [2.45, 2.75) is 43.5 Å². The zero-order valence-electron chi connectivity index (χ0n) is 17.6. The third-order valence-electron chi connectivity index (χ3n) is 6.28. The Kier molecular flexibility index (Phi) is 5.93. The van der Waals surface area contributed by atoms with E-state index in [-0.39, 0.29) is 18.2 Å². The number of para-hydroxylation sites is 1. The molecule has 7 heteroatoms. The van der Waals surface area contributed by atoms with Gasteiger partial charge >= 0.3 is 0 Å². The van der Waals surface area contributed by atoms with Crippen LogP contribution in [-0.4, -0.2) is 70.8 Å². The number of hydrogen-bond acceptors (Lipinski definition) is 7. The lowest BCUT2D eigenvalue weighted by Gasteiger charge is -2.42. The molecule has 5 rings (SSSR count). The molecule has 2 saturated heterocycles. The van der Waals surface area contributed by atoms with Gasteiger partial charge in [-0.1, -0.05) is 24.3 Å². The smallest absolute Gasteiger partial charge is 0.176 e. The number of likely N-dealkylation sites (N-methyl/N-ethyl adjacent to an activating group) is 1. The van der Waals surface area contributed by atoms with Crippen LogP contribution in [0.4, 0.5) is 0 Å². The highest BCUT2D eigenvalue weighted by molar-refractivity contribution is 5.78. The predicted octanol–water partition coefficient (Wildman–Crippen LogP) is 1.75. The van der Waals surface area contributed by atoms with Crippen LogP contribution in [0.1, 0.15) is 11.3 Å². The highest BCUT2D eigenvalue weighted by Crippen LogP contribution is 2.31. The van der Waals surface area contributed by atoms with E-state index in [1.165, 1.54) is 0 Å². The van der Waals surface area contributed by atoms with Gasteiger partial charge < -0.3 is 19.9 Å². The Labute approximate surface area is 182 Å². The Morgan fingerprint density at radius 3 is 2.90 bits per heavy atom. The third kappa shape index (κ3) is 4.33. The first-order valence-electron chi connectivity index (χ1n) is 10.8. The monoisotopic (exact) mass is 420 g/mol. The van der Waals surface area contributed by atoms with E-state index in [2.05, 4.69) is 32.3 Å². The molecule has 0 aliphatic carbocycles. The molecule has 7 nitrogen and oxygen atoms in total. The average molecular weight is 421 g/mol. The molecule has 3 aromatic rings. The number of nitrogens with one attached hydrogen (secondary N) is 1. The summed E-state index contributed by atoms with van der Waals surface area (Å²) in [7, 11) is 2.01. The molecule has 0 amide bonds. The maximum absolute atomic E-state index is 11.2. The lowest BCUT2D eigenvalue weighted by molar-refractivity contribution is -0.178. The first kappa shape index (κ1) is 20.5. The number of aromatic nitrogens is 2. The number of aliphatic hydroxyl groups is 1. The number of nitrogens with zero attached hydrogens (tertiary/aromatic N) is 3. The molecule has 2 fully saturated rings. The van der Waals surface area contributed by atoms with Gasteiger partial charge in [0.15, 0.2) is 6.29 Å². The van der Waals surface area contributed by atoms with Gasteiger partial charge in [0.1, 0.15) is 6.10 Å². The molecule has 1 aromatic carbocycles. The van der Waals surface area contributed by atoms with Crippen LogP contribution in [0.3, 0.4) is 0 Å². The minimum absolute atomic E-state index is 0.158. The second-order valence-electron chi connectivity index (χ2n) is 8.35. The fourth-order valence-corrected chi connectivity index (χ4v) is 4.56. The van der Waals surface area contributed by atoms with Crippen molar-refractivity contribution in [2.24, 2.45) is 0 Å². The van der Waals surface area contributed by atoms with E-state index in [9.17, 15) is 5.11 Å². The van der Waals surface area contributed by atoms with Gasteiger partial charge in [-0.2, -0.15) is 0 Å². The molecular formula is C24H28N4O3. The average Bonchev–Trinajstić information content (AvgIpc) is 3.23. The van der Waals surface area contributed by atoms with Gasteiger partial charge in [0.25, 0.3) is 0 Å². The lowest BCUT2D eigenvalue weighted by Crippen LogP contribution is -2.63. The molecule has 0 spiro atoms. The van der Waals surface area contributed by atoms with E-state index < -0.39 is 12.4 Å². The summed E-state index contributed by atoms with van der Waals surface area (Å²) in [5.74, 6) is 0. The van der Waals surface area contributed by atoms with E-state index in [4.69, 9.17) is 9.47 Å². The molecule has 4 heterocycles. The Bertz CT molecular complexity index is 1020. The number of pyridine rings is 2. The predicted molar refractivity (Wildman–Crippen MR) is 117 cm³/mol. The van der Waals surface area contributed by atoms with Crippen LogP contribution in [0.25, 0.3) is 10.9 Å². The molecule has 2 aliphatic heterocycles. The summed E-state index contributed by atoms with van der Waals surface area (Å²) in [5, 5.41) is 15.8. The largest absolute Gasteiger partial charge is 0.390 e. The van der Waals surface area contributed by atoms with Crippen LogP contribution >= 0.6 is 0 Å². The van der Waals surface area contributed by atoms with E-state index >= 15 is 0 Å². The van der Waals surface area contributed by atoms with Crippen molar-refractivity contribution in [3.63, 3.8) is 0 Å². The molecular weight excluding hydrogens is 392 g/mol. The van der Waals surface area contributed by atoms with Gasteiger partial charge in [-0.3, -0.25) is 14.9 Å². The van der Waals surface area contributed by atoms with Crippen molar-refractivity contribution in [2.75, 3.05) is 20.2 Å². The van der Waals surface area contributed by atoms with E-state index in [0.717, 1.165) is 35.1 Å². The summed E-state index contributed by atoms with van der Waals surface area (Å²) >= 11 is 0. The molecule has 2 aromatic heterocycles. The van der Waals surface area contributed by atoms with Crippen LogP contribution in [0, 0.1) is 0 Å². The van der Waals surface area contributed by atoms with Crippen LogP contribution in [0.2, 0.25) is 0 Å². The van der Waals surface area contributed by atoms with Crippen LogP contribution in [0.15, 0.2) is 60.9 Å². The van der Waals surface area contributed by atoms with Crippen molar-refractivity contribution in [1.29, 1.82) is 0 Å². The minimum Gasteiger partial charge on any atom is -0.390 e. The molecule has 162 valence electrons. The van der Waals surface area contributed by atoms with E-state index in [0.29, 0.717) is 13.2 Å². The molecule has 31 heavy (non-hydrogen) atoms. The number of hydrogen-bond donors (Lipinski definition) is 2. The summed E-state index contributed by atoms with van der Waals surface area (Å²) in [6, 6.07) is 15.7. The number of aliphatic hydroxyl groups excluding tert-OH is 1. The van der Waals surface area contributed by atoms with Crippen molar-refractivity contribution < 1.29 is 14.6 Å².